The molecule has 0 radical (unpaired) electrons. The molecular formula is C10H16N2O2S. The van der Waals surface area contributed by atoms with Crippen LogP contribution in [0, 0.1) is 0 Å². The number of ether oxygens (including phenoxy) is 1. The van der Waals surface area contributed by atoms with Crippen molar-refractivity contribution in [2.45, 2.75) is 19.1 Å². The Morgan fingerprint density at radius 1 is 1.73 bits per heavy atom. The van der Waals surface area contributed by atoms with Crippen molar-refractivity contribution in [1.29, 1.82) is 0 Å². The van der Waals surface area contributed by atoms with E-state index in [1.165, 1.54) is 7.11 Å². The van der Waals surface area contributed by atoms with Crippen molar-refractivity contribution in [3.8, 4) is 0 Å². The second-order valence-corrected chi connectivity index (χ2v) is 4.19. The number of hydrogen-bond acceptors (Lipinski definition) is 4. The van der Waals surface area contributed by atoms with E-state index < -0.39 is 6.10 Å². The number of methoxy groups -OCH3 is 1. The lowest BCUT2D eigenvalue weighted by Crippen LogP contribution is -2.41. The Balaban J connectivity index is 2.51. The van der Waals surface area contributed by atoms with Crippen LogP contribution < -0.4 is 11.1 Å². The lowest BCUT2D eigenvalue weighted by Gasteiger charge is -2.17. The first-order valence-corrected chi connectivity index (χ1v) is 5.63. The fourth-order valence-corrected chi connectivity index (χ4v) is 1.96. The number of rotatable bonds is 5. The minimum Gasteiger partial charge on any atom is -0.370 e. The molecule has 15 heavy (non-hydrogen) atoms. The lowest BCUT2D eigenvalue weighted by atomic mass is 10.2. The minimum absolute atomic E-state index is 0.00157. The van der Waals surface area contributed by atoms with Gasteiger partial charge < -0.3 is 15.8 Å². The Bertz CT molecular complexity index is 296. The van der Waals surface area contributed by atoms with Crippen LogP contribution in [0.25, 0.3) is 0 Å². The molecule has 0 bridgehead atoms. The third-order valence-electron chi connectivity index (χ3n) is 2.12. The van der Waals surface area contributed by atoms with Crippen LogP contribution in [0.5, 0.6) is 0 Å². The standard InChI is InChI=1S/C10H16N2O2S/c1-7(9-4-3-5-15-9)12-10(13)8(6-11)14-2/h3-5,7-8H,6,11H2,1-2H3,(H,12,13). The summed E-state index contributed by atoms with van der Waals surface area (Å²) in [5.74, 6) is -0.166. The highest BCUT2D eigenvalue weighted by atomic mass is 32.1. The van der Waals surface area contributed by atoms with E-state index in [0.29, 0.717) is 0 Å². The molecule has 1 amide bonds. The number of hydrogen-bond donors (Lipinski definition) is 2. The molecule has 84 valence electrons. The molecule has 0 saturated heterocycles. The smallest absolute Gasteiger partial charge is 0.250 e. The van der Waals surface area contributed by atoms with Crippen LogP contribution >= 0.6 is 11.3 Å². The number of nitrogens with one attached hydrogen (secondary N) is 1. The highest BCUT2D eigenvalue weighted by Gasteiger charge is 2.18. The van der Waals surface area contributed by atoms with Crippen molar-refractivity contribution in [2.24, 2.45) is 5.73 Å². The molecule has 0 aliphatic heterocycles. The predicted molar refractivity (Wildman–Crippen MR) is 60.7 cm³/mol. The van der Waals surface area contributed by atoms with E-state index in [9.17, 15) is 4.79 Å². The highest BCUT2D eigenvalue weighted by Crippen LogP contribution is 2.18. The van der Waals surface area contributed by atoms with E-state index in [2.05, 4.69) is 5.32 Å². The first kappa shape index (κ1) is 12.2. The molecule has 1 rings (SSSR count). The molecule has 1 aromatic rings. The molecule has 1 aromatic heterocycles. The molecule has 0 spiro atoms. The van der Waals surface area contributed by atoms with Crippen molar-refractivity contribution < 1.29 is 9.53 Å². The summed E-state index contributed by atoms with van der Waals surface area (Å²) in [4.78, 5) is 12.7. The van der Waals surface area contributed by atoms with Crippen molar-refractivity contribution >= 4 is 17.2 Å². The summed E-state index contributed by atoms with van der Waals surface area (Å²) < 4.78 is 4.95. The largest absolute Gasteiger partial charge is 0.370 e. The van der Waals surface area contributed by atoms with Gasteiger partial charge in [0.05, 0.1) is 6.04 Å². The Kier molecular flexibility index (Phi) is 4.74. The van der Waals surface area contributed by atoms with Gasteiger partial charge in [-0.1, -0.05) is 6.07 Å². The van der Waals surface area contributed by atoms with E-state index >= 15 is 0 Å². The van der Waals surface area contributed by atoms with Crippen LogP contribution in [0.1, 0.15) is 17.8 Å². The van der Waals surface area contributed by atoms with Gasteiger partial charge in [0.15, 0.2) is 0 Å². The molecule has 3 N–H and O–H groups in total. The zero-order valence-electron chi connectivity index (χ0n) is 8.90. The second kappa shape index (κ2) is 5.85. The van der Waals surface area contributed by atoms with Crippen LogP contribution in [0.15, 0.2) is 17.5 Å². The van der Waals surface area contributed by atoms with E-state index in [0.717, 1.165) is 4.88 Å². The fraction of sp³-hybridized carbons (Fsp3) is 0.500. The summed E-state index contributed by atoms with van der Waals surface area (Å²) >= 11 is 1.61. The summed E-state index contributed by atoms with van der Waals surface area (Å²) in [6, 6.07) is 3.95. The van der Waals surface area contributed by atoms with E-state index in [1.54, 1.807) is 11.3 Å². The quantitative estimate of drug-likeness (QED) is 0.787. The zero-order chi connectivity index (χ0) is 11.3. The molecule has 0 saturated carbocycles. The van der Waals surface area contributed by atoms with Gasteiger partial charge in [-0.15, -0.1) is 11.3 Å². The third kappa shape index (κ3) is 3.30. The topological polar surface area (TPSA) is 64.3 Å². The summed E-state index contributed by atoms with van der Waals surface area (Å²) in [7, 11) is 1.48. The molecule has 4 nitrogen and oxygen atoms in total. The van der Waals surface area contributed by atoms with Gasteiger partial charge in [-0.3, -0.25) is 4.79 Å². The van der Waals surface area contributed by atoms with Crippen LogP contribution in [0.3, 0.4) is 0 Å². The Hall–Kier alpha value is -0.910. The van der Waals surface area contributed by atoms with Crippen LogP contribution in [0.2, 0.25) is 0 Å². The van der Waals surface area contributed by atoms with Gasteiger partial charge in [0.25, 0.3) is 5.91 Å². The molecule has 0 aliphatic carbocycles. The number of amides is 1. The SMILES string of the molecule is COC(CN)C(=O)NC(C)c1cccs1. The molecule has 5 heteroatoms. The van der Waals surface area contributed by atoms with Crippen molar-refractivity contribution in [2.75, 3.05) is 13.7 Å². The van der Waals surface area contributed by atoms with Crippen LogP contribution in [0.4, 0.5) is 0 Å². The molecular weight excluding hydrogens is 212 g/mol. The van der Waals surface area contributed by atoms with Gasteiger partial charge in [-0.05, 0) is 18.4 Å². The molecule has 2 unspecified atom stereocenters. The summed E-state index contributed by atoms with van der Waals surface area (Å²) in [5.41, 5.74) is 5.40. The molecule has 0 aromatic carbocycles. The zero-order valence-corrected chi connectivity index (χ0v) is 9.71. The Labute approximate surface area is 93.4 Å². The number of carbonyl (C=O) groups is 1. The average Bonchev–Trinajstić information content (AvgIpc) is 2.72. The summed E-state index contributed by atoms with van der Waals surface area (Å²) in [5, 5.41) is 4.83. The van der Waals surface area contributed by atoms with E-state index in [-0.39, 0.29) is 18.5 Å². The van der Waals surface area contributed by atoms with E-state index in [1.807, 2.05) is 24.4 Å². The molecule has 0 fully saturated rings. The van der Waals surface area contributed by atoms with Crippen molar-refractivity contribution in [1.82, 2.24) is 5.32 Å². The van der Waals surface area contributed by atoms with Gasteiger partial charge in [0.2, 0.25) is 0 Å². The van der Waals surface area contributed by atoms with Crippen LogP contribution in [-0.2, 0) is 9.53 Å². The van der Waals surface area contributed by atoms with Gasteiger partial charge in [-0.25, -0.2) is 0 Å². The maximum absolute atomic E-state index is 11.6. The maximum Gasteiger partial charge on any atom is 0.250 e. The Morgan fingerprint density at radius 3 is 2.93 bits per heavy atom. The maximum atomic E-state index is 11.6. The Morgan fingerprint density at radius 2 is 2.47 bits per heavy atom. The third-order valence-corrected chi connectivity index (χ3v) is 3.17. The lowest BCUT2D eigenvalue weighted by molar-refractivity contribution is -0.131. The van der Waals surface area contributed by atoms with Crippen molar-refractivity contribution in [3.63, 3.8) is 0 Å². The van der Waals surface area contributed by atoms with Gasteiger partial charge in [-0.2, -0.15) is 0 Å². The van der Waals surface area contributed by atoms with E-state index in [4.69, 9.17) is 10.5 Å². The van der Waals surface area contributed by atoms with Crippen LogP contribution in [-0.4, -0.2) is 25.7 Å². The molecule has 2 atom stereocenters. The van der Waals surface area contributed by atoms with Crippen molar-refractivity contribution in [3.05, 3.63) is 22.4 Å². The fourth-order valence-electron chi connectivity index (χ4n) is 1.23. The average molecular weight is 228 g/mol. The first-order chi connectivity index (χ1) is 7.19. The molecule has 0 aliphatic rings. The molecule has 1 heterocycles. The number of nitrogens with two attached hydrogens (primary N) is 1. The monoisotopic (exact) mass is 228 g/mol. The minimum atomic E-state index is -0.563. The van der Waals surface area contributed by atoms with Gasteiger partial charge >= 0.3 is 0 Å². The van der Waals surface area contributed by atoms with Gasteiger partial charge in [0, 0.05) is 18.5 Å². The summed E-state index contributed by atoms with van der Waals surface area (Å²) in [6.45, 7) is 2.13. The number of carbonyl (C=O) groups excluding carboxylic acids is 1. The second-order valence-electron chi connectivity index (χ2n) is 3.21. The normalized spacial score (nSPS) is 14.6. The predicted octanol–water partition coefficient (Wildman–Crippen LogP) is 0.899. The first-order valence-electron chi connectivity index (χ1n) is 4.75. The van der Waals surface area contributed by atoms with Gasteiger partial charge in [0.1, 0.15) is 6.10 Å². The number of thiophene rings is 1. The highest BCUT2D eigenvalue weighted by molar-refractivity contribution is 7.10. The summed E-state index contributed by atoms with van der Waals surface area (Å²) in [6.07, 6.45) is -0.563.